The molecule has 140 valence electrons. The molecule has 0 aromatic heterocycles. The van der Waals surface area contributed by atoms with E-state index in [2.05, 4.69) is 0 Å². The van der Waals surface area contributed by atoms with Crippen molar-refractivity contribution in [1.29, 1.82) is 0 Å². The number of ether oxygens (including phenoxy) is 1. The Morgan fingerprint density at radius 3 is 2.74 bits per heavy atom. The molecular weight excluding hydrogens is 355 g/mol. The van der Waals surface area contributed by atoms with Gasteiger partial charge in [0.25, 0.3) is 5.69 Å². The third-order valence-electron chi connectivity index (χ3n) is 4.44. The lowest BCUT2D eigenvalue weighted by atomic mass is 10.1. The SMILES string of the molecule is C[C@@H](OC(=O)[C@@H]1CC(=O)N(c2ccccc2F)C1)c1cccc([N+](=O)[O-])c1. The minimum atomic E-state index is -0.724. The van der Waals surface area contributed by atoms with E-state index in [0.29, 0.717) is 5.56 Å². The van der Waals surface area contributed by atoms with E-state index in [1.807, 2.05) is 0 Å². The van der Waals surface area contributed by atoms with E-state index < -0.39 is 28.7 Å². The van der Waals surface area contributed by atoms with Crippen LogP contribution in [0.1, 0.15) is 25.0 Å². The lowest BCUT2D eigenvalue weighted by molar-refractivity contribution is -0.385. The minimum absolute atomic E-state index is 0.0280. The van der Waals surface area contributed by atoms with Gasteiger partial charge in [-0.1, -0.05) is 24.3 Å². The summed E-state index contributed by atoms with van der Waals surface area (Å²) in [5.74, 6) is -2.21. The fourth-order valence-corrected chi connectivity index (χ4v) is 3.00. The van der Waals surface area contributed by atoms with Crippen LogP contribution in [0, 0.1) is 21.8 Å². The molecule has 0 N–H and O–H groups in total. The molecule has 27 heavy (non-hydrogen) atoms. The average molecular weight is 372 g/mol. The third-order valence-corrected chi connectivity index (χ3v) is 4.44. The van der Waals surface area contributed by atoms with Crippen molar-refractivity contribution in [3.05, 3.63) is 70.0 Å². The van der Waals surface area contributed by atoms with Crippen LogP contribution in [0.5, 0.6) is 0 Å². The number of benzene rings is 2. The van der Waals surface area contributed by atoms with Crippen LogP contribution in [0.3, 0.4) is 0 Å². The van der Waals surface area contributed by atoms with Gasteiger partial charge in [-0.2, -0.15) is 0 Å². The van der Waals surface area contributed by atoms with E-state index >= 15 is 0 Å². The molecule has 0 unspecified atom stereocenters. The number of amides is 1. The molecule has 2 aromatic rings. The number of anilines is 1. The van der Waals surface area contributed by atoms with Crippen LogP contribution in [0.4, 0.5) is 15.8 Å². The van der Waals surface area contributed by atoms with Crippen LogP contribution in [-0.4, -0.2) is 23.3 Å². The zero-order valence-electron chi connectivity index (χ0n) is 14.5. The second-order valence-electron chi connectivity index (χ2n) is 6.29. The molecule has 1 aliphatic rings. The highest BCUT2D eigenvalue weighted by molar-refractivity contribution is 5.99. The molecule has 2 aromatic carbocycles. The lowest BCUT2D eigenvalue weighted by Crippen LogP contribution is -2.27. The van der Waals surface area contributed by atoms with Crippen molar-refractivity contribution in [3.8, 4) is 0 Å². The Bertz CT molecular complexity index is 901. The van der Waals surface area contributed by atoms with Crippen LogP contribution in [0.15, 0.2) is 48.5 Å². The van der Waals surface area contributed by atoms with Crippen molar-refractivity contribution in [2.75, 3.05) is 11.4 Å². The number of non-ortho nitro benzene ring substituents is 1. The van der Waals surface area contributed by atoms with E-state index in [-0.39, 0.29) is 30.2 Å². The zero-order chi connectivity index (χ0) is 19.6. The number of hydrogen-bond acceptors (Lipinski definition) is 5. The van der Waals surface area contributed by atoms with E-state index in [9.17, 15) is 24.1 Å². The van der Waals surface area contributed by atoms with Crippen LogP contribution in [0.25, 0.3) is 0 Å². The third kappa shape index (κ3) is 3.94. The highest BCUT2D eigenvalue weighted by atomic mass is 19.1. The molecular formula is C19H17FN2O5. The van der Waals surface area contributed by atoms with Crippen LogP contribution in [0.2, 0.25) is 0 Å². The van der Waals surface area contributed by atoms with Gasteiger partial charge in [0.15, 0.2) is 0 Å². The van der Waals surface area contributed by atoms with Gasteiger partial charge in [-0.3, -0.25) is 19.7 Å². The molecule has 0 aliphatic carbocycles. The van der Waals surface area contributed by atoms with Gasteiger partial charge in [-0.25, -0.2) is 4.39 Å². The molecule has 8 heteroatoms. The molecule has 0 saturated carbocycles. The van der Waals surface area contributed by atoms with Crippen molar-refractivity contribution in [1.82, 2.24) is 0 Å². The first-order valence-corrected chi connectivity index (χ1v) is 8.36. The van der Waals surface area contributed by atoms with Gasteiger partial charge in [0.1, 0.15) is 11.9 Å². The van der Waals surface area contributed by atoms with Gasteiger partial charge in [-0.15, -0.1) is 0 Å². The standard InChI is InChI=1S/C19H17FN2O5/c1-12(13-5-4-6-15(9-13)22(25)26)27-19(24)14-10-18(23)21(11-14)17-8-3-2-7-16(17)20/h2-9,12,14H,10-11H2,1H3/t12-,14-/m1/s1. The molecule has 1 fully saturated rings. The van der Waals surface area contributed by atoms with Crippen LogP contribution in [-0.2, 0) is 14.3 Å². The topological polar surface area (TPSA) is 89.8 Å². The summed E-state index contributed by atoms with van der Waals surface area (Å²) >= 11 is 0. The summed E-state index contributed by atoms with van der Waals surface area (Å²) in [6.07, 6.45) is -0.788. The predicted molar refractivity (Wildman–Crippen MR) is 94.5 cm³/mol. The Balaban J connectivity index is 1.68. The number of carbonyl (C=O) groups is 2. The van der Waals surface area contributed by atoms with E-state index in [0.717, 1.165) is 0 Å². The fourth-order valence-electron chi connectivity index (χ4n) is 3.00. The van der Waals surface area contributed by atoms with E-state index in [1.165, 1.54) is 41.3 Å². The van der Waals surface area contributed by atoms with Crippen LogP contribution >= 0.6 is 0 Å². The Morgan fingerprint density at radius 2 is 2.04 bits per heavy atom. The summed E-state index contributed by atoms with van der Waals surface area (Å²) < 4.78 is 19.3. The van der Waals surface area contributed by atoms with Gasteiger partial charge in [0.05, 0.1) is 16.5 Å². The molecule has 7 nitrogen and oxygen atoms in total. The maximum absolute atomic E-state index is 13.9. The molecule has 1 aliphatic heterocycles. The largest absolute Gasteiger partial charge is 0.458 e. The number of rotatable bonds is 5. The quantitative estimate of drug-likeness (QED) is 0.456. The average Bonchev–Trinajstić information content (AvgIpc) is 3.04. The molecule has 1 amide bonds. The molecule has 1 saturated heterocycles. The predicted octanol–water partition coefficient (Wildman–Crippen LogP) is 3.39. The lowest BCUT2D eigenvalue weighted by Gasteiger charge is -2.18. The molecule has 3 rings (SSSR count). The number of carbonyl (C=O) groups excluding carboxylic acids is 2. The smallest absolute Gasteiger partial charge is 0.311 e. The van der Waals surface area contributed by atoms with E-state index in [4.69, 9.17) is 4.74 Å². The highest BCUT2D eigenvalue weighted by Crippen LogP contribution is 2.29. The summed E-state index contributed by atoms with van der Waals surface area (Å²) in [6, 6.07) is 11.7. The first-order valence-electron chi connectivity index (χ1n) is 8.36. The number of nitro groups is 1. The van der Waals surface area contributed by atoms with Crippen molar-refractivity contribution in [2.24, 2.45) is 5.92 Å². The maximum atomic E-state index is 13.9. The highest BCUT2D eigenvalue weighted by Gasteiger charge is 2.37. The second-order valence-corrected chi connectivity index (χ2v) is 6.29. The van der Waals surface area contributed by atoms with Gasteiger partial charge >= 0.3 is 5.97 Å². The van der Waals surface area contributed by atoms with E-state index in [1.54, 1.807) is 19.1 Å². The normalized spacial score (nSPS) is 17.6. The fraction of sp³-hybridized carbons (Fsp3) is 0.263. The first-order chi connectivity index (χ1) is 12.9. The van der Waals surface area contributed by atoms with Gasteiger partial charge in [0.2, 0.25) is 5.91 Å². The van der Waals surface area contributed by atoms with Crippen molar-refractivity contribution in [2.45, 2.75) is 19.4 Å². The van der Waals surface area contributed by atoms with Crippen LogP contribution < -0.4 is 4.90 Å². The zero-order valence-corrected chi connectivity index (χ0v) is 14.5. The Hall–Kier alpha value is -3.29. The summed E-state index contributed by atoms with van der Waals surface area (Å²) in [6.45, 7) is 1.63. The van der Waals surface area contributed by atoms with Crippen molar-refractivity contribution in [3.63, 3.8) is 0 Å². The maximum Gasteiger partial charge on any atom is 0.311 e. The van der Waals surface area contributed by atoms with Crippen molar-refractivity contribution < 1.29 is 23.6 Å². The van der Waals surface area contributed by atoms with Gasteiger partial charge in [-0.05, 0) is 24.6 Å². The molecule has 1 heterocycles. The number of nitro benzene ring substituents is 1. The molecule has 0 radical (unpaired) electrons. The molecule has 0 bridgehead atoms. The number of para-hydroxylation sites is 1. The van der Waals surface area contributed by atoms with Gasteiger partial charge < -0.3 is 9.64 Å². The number of hydrogen-bond donors (Lipinski definition) is 0. The van der Waals surface area contributed by atoms with Gasteiger partial charge in [0, 0.05) is 25.1 Å². The minimum Gasteiger partial charge on any atom is -0.458 e. The number of esters is 1. The Labute approximate surface area is 154 Å². The summed E-state index contributed by atoms with van der Waals surface area (Å²) in [7, 11) is 0. The summed E-state index contributed by atoms with van der Waals surface area (Å²) in [5, 5.41) is 10.9. The molecule has 2 atom stereocenters. The number of nitrogens with zero attached hydrogens (tertiary/aromatic N) is 2. The summed E-state index contributed by atoms with van der Waals surface area (Å²) in [4.78, 5) is 36.2. The first kappa shape index (κ1) is 18.5. The summed E-state index contributed by atoms with van der Waals surface area (Å²) in [5.41, 5.74) is 0.509. The number of halogens is 1. The molecule has 0 spiro atoms. The van der Waals surface area contributed by atoms with Crippen molar-refractivity contribution >= 4 is 23.3 Å². The monoisotopic (exact) mass is 372 g/mol. The Kier molecular flexibility index (Phi) is 5.16. The second kappa shape index (κ2) is 7.53. The Morgan fingerprint density at radius 1 is 1.30 bits per heavy atom.